The zero-order valence-electron chi connectivity index (χ0n) is 17.8. The maximum Gasteiger partial charge on any atom is 0.247 e. The fourth-order valence-corrected chi connectivity index (χ4v) is 3.34. The summed E-state index contributed by atoms with van der Waals surface area (Å²) in [6.45, 7) is 2.41. The van der Waals surface area contributed by atoms with E-state index in [-0.39, 0.29) is 11.8 Å². The summed E-state index contributed by atoms with van der Waals surface area (Å²) in [6, 6.07) is 21.7. The van der Waals surface area contributed by atoms with Gasteiger partial charge in [0, 0.05) is 19.2 Å². The SMILES string of the molecule is CCC(=O)N(Cc1ccc(OC)cc1)[C@H](C(=O)NCc1ccccn1)c1ccccc1. The lowest BCUT2D eigenvalue weighted by Crippen LogP contribution is -2.43. The minimum Gasteiger partial charge on any atom is -0.497 e. The Balaban J connectivity index is 1.89. The molecule has 1 aromatic heterocycles. The number of amides is 2. The van der Waals surface area contributed by atoms with Crippen LogP contribution in [0.2, 0.25) is 0 Å². The van der Waals surface area contributed by atoms with Gasteiger partial charge in [0.15, 0.2) is 0 Å². The second-order valence-corrected chi connectivity index (χ2v) is 7.08. The first kappa shape index (κ1) is 22.0. The van der Waals surface area contributed by atoms with Crippen LogP contribution in [-0.2, 0) is 22.7 Å². The van der Waals surface area contributed by atoms with Crippen LogP contribution in [0.15, 0.2) is 79.0 Å². The number of methoxy groups -OCH3 is 1. The van der Waals surface area contributed by atoms with Gasteiger partial charge >= 0.3 is 0 Å². The number of carbonyl (C=O) groups excluding carboxylic acids is 2. The molecule has 2 aromatic carbocycles. The van der Waals surface area contributed by atoms with Crippen molar-refractivity contribution < 1.29 is 14.3 Å². The maximum atomic E-state index is 13.3. The molecule has 0 aliphatic rings. The number of hydrogen-bond acceptors (Lipinski definition) is 4. The smallest absolute Gasteiger partial charge is 0.247 e. The van der Waals surface area contributed by atoms with Gasteiger partial charge in [-0.15, -0.1) is 0 Å². The predicted octanol–water partition coefficient (Wildman–Crippen LogP) is 3.89. The van der Waals surface area contributed by atoms with Crippen molar-refractivity contribution in [2.75, 3.05) is 7.11 Å². The fraction of sp³-hybridized carbons (Fsp3) is 0.240. The molecule has 0 saturated heterocycles. The van der Waals surface area contributed by atoms with Crippen LogP contribution in [0.3, 0.4) is 0 Å². The second-order valence-electron chi connectivity index (χ2n) is 7.08. The molecule has 1 atom stereocenters. The largest absolute Gasteiger partial charge is 0.497 e. The lowest BCUT2D eigenvalue weighted by Gasteiger charge is -2.31. The van der Waals surface area contributed by atoms with Gasteiger partial charge in [0.25, 0.3) is 0 Å². The first-order valence-corrected chi connectivity index (χ1v) is 10.3. The molecule has 0 fully saturated rings. The molecule has 0 radical (unpaired) electrons. The van der Waals surface area contributed by atoms with E-state index in [4.69, 9.17) is 4.74 Å². The maximum absolute atomic E-state index is 13.3. The highest BCUT2D eigenvalue weighted by atomic mass is 16.5. The quantitative estimate of drug-likeness (QED) is 0.573. The molecule has 1 heterocycles. The Morgan fingerprint density at radius 3 is 2.32 bits per heavy atom. The number of benzene rings is 2. The van der Waals surface area contributed by atoms with Crippen LogP contribution in [0.25, 0.3) is 0 Å². The Hall–Kier alpha value is -3.67. The van der Waals surface area contributed by atoms with Gasteiger partial charge in [-0.05, 0) is 35.4 Å². The van der Waals surface area contributed by atoms with E-state index in [9.17, 15) is 9.59 Å². The van der Waals surface area contributed by atoms with E-state index < -0.39 is 6.04 Å². The van der Waals surface area contributed by atoms with Crippen LogP contribution in [-0.4, -0.2) is 28.8 Å². The standard InChI is InChI=1S/C25H27N3O3/c1-3-23(29)28(18-19-12-14-22(31-2)15-13-19)24(20-9-5-4-6-10-20)25(30)27-17-21-11-7-8-16-26-21/h4-16,24H,3,17-18H2,1-2H3,(H,27,30)/t24-/m0/s1. The van der Waals surface area contributed by atoms with Crippen LogP contribution < -0.4 is 10.1 Å². The molecule has 0 spiro atoms. The van der Waals surface area contributed by atoms with Gasteiger partial charge in [-0.25, -0.2) is 0 Å². The monoisotopic (exact) mass is 417 g/mol. The van der Waals surface area contributed by atoms with Gasteiger partial charge in [-0.3, -0.25) is 14.6 Å². The van der Waals surface area contributed by atoms with E-state index in [1.165, 1.54) is 0 Å². The van der Waals surface area contributed by atoms with Crippen molar-refractivity contribution in [1.29, 1.82) is 0 Å². The van der Waals surface area contributed by atoms with Crippen LogP contribution in [0, 0.1) is 0 Å². The number of ether oxygens (including phenoxy) is 1. The third-order valence-corrected chi connectivity index (χ3v) is 4.98. The molecule has 31 heavy (non-hydrogen) atoms. The van der Waals surface area contributed by atoms with Gasteiger partial charge < -0.3 is 15.0 Å². The summed E-state index contributed by atoms with van der Waals surface area (Å²) in [6.07, 6.45) is 1.99. The van der Waals surface area contributed by atoms with Gasteiger partial charge in [0.1, 0.15) is 11.8 Å². The molecule has 0 saturated carbocycles. The van der Waals surface area contributed by atoms with Crippen molar-refractivity contribution in [3.8, 4) is 5.75 Å². The van der Waals surface area contributed by atoms with E-state index in [2.05, 4.69) is 10.3 Å². The normalized spacial score (nSPS) is 11.4. The molecule has 160 valence electrons. The molecule has 6 heteroatoms. The first-order chi connectivity index (χ1) is 15.1. The third-order valence-electron chi connectivity index (χ3n) is 4.98. The highest BCUT2D eigenvalue weighted by Gasteiger charge is 2.30. The van der Waals surface area contributed by atoms with Gasteiger partial charge in [0.05, 0.1) is 19.3 Å². The van der Waals surface area contributed by atoms with Crippen LogP contribution in [0.4, 0.5) is 0 Å². The molecule has 0 aliphatic carbocycles. The zero-order chi connectivity index (χ0) is 22.1. The summed E-state index contributed by atoms with van der Waals surface area (Å²) >= 11 is 0. The molecule has 0 aliphatic heterocycles. The van der Waals surface area contributed by atoms with E-state index >= 15 is 0 Å². The molecule has 0 unspecified atom stereocenters. The number of rotatable bonds is 9. The van der Waals surface area contributed by atoms with E-state index in [1.54, 1.807) is 25.1 Å². The van der Waals surface area contributed by atoms with Crippen molar-refractivity contribution >= 4 is 11.8 Å². The minimum absolute atomic E-state index is 0.0994. The van der Waals surface area contributed by atoms with E-state index in [1.807, 2.05) is 72.8 Å². The van der Waals surface area contributed by atoms with E-state index in [0.29, 0.717) is 19.5 Å². The Morgan fingerprint density at radius 2 is 1.71 bits per heavy atom. The molecule has 3 aromatic rings. The van der Waals surface area contributed by atoms with Crippen molar-refractivity contribution in [2.24, 2.45) is 0 Å². The molecular formula is C25H27N3O3. The van der Waals surface area contributed by atoms with Crippen molar-refractivity contribution in [3.05, 3.63) is 95.8 Å². The number of carbonyl (C=O) groups is 2. The number of nitrogens with one attached hydrogen (secondary N) is 1. The van der Waals surface area contributed by atoms with Gasteiger partial charge in [-0.1, -0.05) is 55.5 Å². The summed E-state index contributed by atoms with van der Waals surface area (Å²) in [7, 11) is 1.61. The molecule has 3 rings (SSSR count). The molecular weight excluding hydrogens is 390 g/mol. The number of aromatic nitrogens is 1. The summed E-state index contributed by atoms with van der Waals surface area (Å²) in [5.41, 5.74) is 2.43. The van der Waals surface area contributed by atoms with Crippen LogP contribution >= 0.6 is 0 Å². The lowest BCUT2D eigenvalue weighted by atomic mass is 10.0. The summed E-state index contributed by atoms with van der Waals surface area (Å²) in [5, 5.41) is 2.95. The molecule has 0 bridgehead atoms. The van der Waals surface area contributed by atoms with Crippen LogP contribution in [0.1, 0.15) is 36.2 Å². The number of pyridine rings is 1. The van der Waals surface area contributed by atoms with Crippen LogP contribution in [0.5, 0.6) is 5.75 Å². The Labute approximate surface area is 182 Å². The predicted molar refractivity (Wildman–Crippen MR) is 119 cm³/mol. The number of hydrogen-bond donors (Lipinski definition) is 1. The first-order valence-electron chi connectivity index (χ1n) is 10.3. The Kier molecular flexibility index (Phi) is 7.76. The highest BCUT2D eigenvalue weighted by Crippen LogP contribution is 2.25. The van der Waals surface area contributed by atoms with E-state index in [0.717, 1.165) is 22.6 Å². The van der Waals surface area contributed by atoms with Crippen molar-refractivity contribution in [1.82, 2.24) is 15.2 Å². The summed E-state index contributed by atoms with van der Waals surface area (Å²) in [4.78, 5) is 32.1. The number of nitrogens with zero attached hydrogens (tertiary/aromatic N) is 2. The minimum atomic E-state index is -0.750. The van der Waals surface area contributed by atoms with Gasteiger partial charge in [-0.2, -0.15) is 0 Å². The Morgan fingerprint density at radius 1 is 1.00 bits per heavy atom. The average molecular weight is 418 g/mol. The third kappa shape index (κ3) is 5.92. The summed E-state index contributed by atoms with van der Waals surface area (Å²) < 4.78 is 5.22. The molecule has 1 N–H and O–H groups in total. The van der Waals surface area contributed by atoms with Gasteiger partial charge in [0.2, 0.25) is 11.8 Å². The fourth-order valence-electron chi connectivity index (χ4n) is 3.34. The molecule has 2 amide bonds. The van der Waals surface area contributed by atoms with Crippen molar-refractivity contribution in [3.63, 3.8) is 0 Å². The Bertz CT molecular complexity index is 976. The second kappa shape index (κ2) is 10.9. The van der Waals surface area contributed by atoms with Crippen molar-refractivity contribution in [2.45, 2.75) is 32.5 Å². The topological polar surface area (TPSA) is 71.5 Å². The summed E-state index contributed by atoms with van der Waals surface area (Å²) in [5.74, 6) is 0.398. The highest BCUT2D eigenvalue weighted by molar-refractivity contribution is 5.88. The zero-order valence-corrected chi connectivity index (χ0v) is 17.8. The average Bonchev–Trinajstić information content (AvgIpc) is 2.83. The molecule has 6 nitrogen and oxygen atoms in total. The lowest BCUT2D eigenvalue weighted by molar-refractivity contribution is -0.141.